The monoisotopic (exact) mass is 331 g/mol. The molecule has 6 heteroatoms. The number of hydrogen-bond acceptors (Lipinski definition) is 5. The second kappa shape index (κ2) is 9.20. The number of hydrogen-bond donors (Lipinski definition) is 3. The molecule has 3 N–H and O–H groups in total. The molecule has 0 saturated carbocycles. The lowest BCUT2D eigenvalue weighted by Gasteiger charge is -2.32. The van der Waals surface area contributed by atoms with E-state index in [-0.39, 0.29) is 37.6 Å². The fourth-order valence-corrected chi connectivity index (χ4v) is 2.82. The largest absolute Gasteiger partial charge is 0.490 e. The predicted molar refractivity (Wildman–Crippen MR) is 88.1 cm³/mol. The van der Waals surface area contributed by atoms with Gasteiger partial charge in [-0.05, 0) is 50.1 Å². The van der Waals surface area contributed by atoms with Crippen molar-refractivity contribution in [1.29, 1.82) is 0 Å². The van der Waals surface area contributed by atoms with Gasteiger partial charge in [0, 0.05) is 25.2 Å². The minimum absolute atomic E-state index is 0. The Morgan fingerprint density at radius 2 is 1.73 bits per heavy atom. The molecule has 0 saturated heterocycles. The first-order valence-electron chi connectivity index (χ1n) is 7.62. The van der Waals surface area contributed by atoms with Crippen LogP contribution in [0.2, 0.25) is 0 Å². The van der Waals surface area contributed by atoms with Gasteiger partial charge in [0.25, 0.3) is 0 Å². The van der Waals surface area contributed by atoms with Crippen molar-refractivity contribution in [2.75, 3.05) is 33.0 Å². The molecule has 0 aliphatic carbocycles. The van der Waals surface area contributed by atoms with Gasteiger partial charge >= 0.3 is 0 Å². The predicted octanol–water partition coefficient (Wildman–Crippen LogP) is 1.69. The van der Waals surface area contributed by atoms with Crippen molar-refractivity contribution >= 4 is 12.4 Å². The van der Waals surface area contributed by atoms with Crippen molar-refractivity contribution in [3.05, 3.63) is 23.3 Å². The minimum atomic E-state index is -0.212. The van der Waals surface area contributed by atoms with E-state index in [4.69, 9.17) is 9.47 Å². The Morgan fingerprint density at radius 1 is 1.14 bits per heavy atom. The lowest BCUT2D eigenvalue weighted by molar-refractivity contribution is 0.117. The van der Waals surface area contributed by atoms with Crippen LogP contribution in [0.1, 0.15) is 31.0 Å². The summed E-state index contributed by atoms with van der Waals surface area (Å²) in [6, 6.07) is 3.96. The quantitative estimate of drug-likeness (QED) is 0.709. The summed E-state index contributed by atoms with van der Waals surface area (Å²) >= 11 is 0. The molecule has 0 spiro atoms. The number of aliphatic hydroxyl groups excluding tert-OH is 2. The lowest BCUT2D eigenvalue weighted by atomic mass is 9.86. The summed E-state index contributed by atoms with van der Waals surface area (Å²) in [5, 5.41) is 22.3. The van der Waals surface area contributed by atoms with Crippen molar-refractivity contribution in [3.8, 4) is 11.5 Å². The van der Waals surface area contributed by atoms with Crippen molar-refractivity contribution in [1.82, 2.24) is 5.32 Å². The Bertz CT molecular complexity index is 466. The Kier molecular flexibility index (Phi) is 7.96. The number of aliphatic hydroxyl groups is 2. The molecule has 126 valence electrons. The lowest BCUT2D eigenvalue weighted by Crippen LogP contribution is -2.37. The molecule has 1 aliphatic heterocycles. The first-order valence-corrected chi connectivity index (χ1v) is 7.62. The zero-order chi connectivity index (χ0) is 15.2. The fourth-order valence-electron chi connectivity index (χ4n) is 2.82. The first-order chi connectivity index (χ1) is 10.2. The molecule has 0 fully saturated rings. The summed E-state index contributed by atoms with van der Waals surface area (Å²) in [7, 11) is 0. The highest BCUT2D eigenvalue weighted by Crippen LogP contribution is 2.37. The summed E-state index contributed by atoms with van der Waals surface area (Å²) in [5.41, 5.74) is 2.28. The Hall–Kier alpha value is -1.01. The molecule has 0 radical (unpaired) electrons. The third-order valence-electron chi connectivity index (χ3n) is 3.84. The third-order valence-corrected chi connectivity index (χ3v) is 3.84. The summed E-state index contributed by atoms with van der Waals surface area (Å²) in [6.07, 6.45) is 0.905. The van der Waals surface area contributed by atoms with Crippen molar-refractivity contribution in [2.24, 2.45) is 5.92 Å². The smallest absolute Gasteiger partial charge is 0.161 e. The second-order valence-corrected chi connectivity index (χ2v) is 5.17. The molecule has 0 amide bonds. The van der Waals surface area contributed by atoms with E-state index in [0.29, 0.717) is 13.2 Å². The maximum absolute atomic E-state index is 9.46. The van der Waals surface area contributed by atoms with E-state index in [9.17, 15) is 10.2 Å². The second-order valence-electron chi connectivity index (χ2n) is 5.17. The van der Waals surface area contributed by atoms with Crippen LogP contribution in [-0.4, -0.2) is 43.2 Å². The molecule has 5 nitrogen and oxygen atoms in total. The van der Waals surface area contributed by atoms with Crippen LogP contribution in [-0.2, 0) is 6.42 Å². The van der Waals surface area contributed by atoms with Gasteiger partial charge in [-0.1, -0.05) is 0 Å². The molecular formula is C16H26ClNO4. The van der Waals surface area contributed by atoms with Gasteiger partial charge in [-0.2, -0.15) is 0 Å². The average Bonchev–Trinajstić information content (AvgIpc) is 2.50. The molecule has 1 aliphatic rings. The van der Waals surface area contributed by atoms with Crippen LogP contribution in [0.25, 0.3) is 0 Å². The van der Waals surface area contributed by atoms with Crippen LogP contribution < -0.4 is 14.8 Å². The highest BCUT2D eigenvalue weighted by Gasteiger charge is 2.28. The van der Waals surface area contributed by atoms with Crippen LogP contribution >= 0.6 is 12.4 Å². The summed E-state index contributed by atoms with van der Waals surface area (Å²) < 4.78 is 11.3. The Morgan fingerprint density at radius 3 is 2.27 bits per heavy atom. The van der Waals surface area contributed by atoms with Crippen LogP contribution in [0.4, 0.5) is 0 Å². The fraction of sp³-hybridized carbons (Fsp3) is 0.625. The van der Waals surface area contributed by atoms with E-state index in [1.54, 1.807) is 0 Å². The van der Waals surface area contributed by atoms with Crippen molar-refractivity contribution in [2.45, 2.75) is 26.3 Å². The molecule has 1 unspecified atom stereocenters. The molecule has 22 heavy (non-hydrogen) atoms. The maximum atomic E-state index is 9.46. The van der Waals surface area contributed by atoms with Gasteiger partial charge < -0.3 is 25.0 Å². The average molecular weight is 332 g/mol. The van der Waals surface area contributed by atoms with E-state index >= 15 is 0 Å². The number of rotatable bonds is 7. The molecule has 0 aromatic heterocycles. The molecule has 0 bridgehead atoms. The number of nitrogens with one attached hydrogen (secondary N) is 1. The summed E-state index contributed by atoms with van der Waals surface area (Å²) in [4.78, 5) is 0. The van der Waals surface area contributed by atoms with Gasteiger partial charge in [0.15, 0.2) is 11.5 Å². The van der Waals surface area contributed by atoms with Crippen LogP contribution in [0.15, 0.2) is 12.1 Å². The zero-order valence-electron chi connectivity index (χ0n) is 13.2. The SMILES string of the molecule is CCOc1cc2c(cc1OCC)C(C(CO)CO)NCC2.Cl. The third kappa shape index (κ3) is 4.04. The van der Waals surface area contributed by atoms with Crippen LogP contribution in [0.3, 0.4) is 0 Å². The molecule has 1 aromatic carbocycles. The van der Waals surface area contributed by atoms with Crippen LogP contribution in [0, 0.1) is 5.92 Å². The zero-order valence-corrected chi connectivity index (χ0v) is 14.0. The molecule has 1 heterocycles. The van der Waals surface area contributed by atoms with Gasteiger partial charge in [0.05, 0.1) is 13.2 Å². The van der Waals surface area contributed by atoms with E-state index in [1.807, 2.05) is 26.0 Å². The molecule has 2 rings (SSSR count). The molecule has 1 aromatic rings. The number of halogens is 1. The number of fused-ring (bicyclic) bond motifs is 1. The van der Waals surface area contributed by atoms with E-state index in [0.717, 1.165) is 30.0 Å². The highest BCUT2D eigenvalue weighted by molar-refractivity contribution is 5.85. The normalized spacial score (nSPS) is 16.9. The number of benzene rings is 1. The summed E-state index contributed by atoms with van der Waals surface area (Å²) in [5.74, 6) is 1.28. The van der Waals surface area contributed by atoms with Gasteiger partial charge in [-0.25, -0.2) is 0 Å². The van der Waals surface area contributed by atoms with E-state index in [1.165, 1.54) is 5.56 Å². The summed E-state index contributed by atoms with van der Waals surface area (Å²) in [6.45, 7) is 5.78. The van der Waals surface area contributed by atoms with E-state index < -0.39 is 0 Å². The molecule has 1 atom stereocenters. The van der Waals surface area contributed by atoms with E-state index in [2.05, 4.69) is 5.32 Å². The first kappa shape index (κ1) is 19.0. The van der Waals surface area contributed by atoms with Crippen molar-refractivity contribution < 1.29 is 19.7 Å². The maximum Gasteiger partial charge on any atom is 0.161 e. The molecular weight excluding hydrogens is 306 g/mol. The Labute approximate surface area is 138 Å². The van der Waals surface area contributed by atoms with Gasteiger partial charge in [-0.3, -0.25) is 0 Å². The highest BCUT2D eigenvalue weighted by atomic mass is 35.5. The standard InChI is InChI=1S/C16H25NO4.ClH/c1-3-20-14-7-11-5-6-17-16(12(9-18)10-19)13(11)8-15(14)21-4-2;/h7-8,12,16-19H,3-6,9-10H2,1-2H3;1H. The Balaban J connectivity index is 0.00000242. The van der Waals surface area contributed by atoms with Gasteiger partial charge in [0.1, 0.15) is 0 Å². The van der Waals surface area contributed by atoms with Crippen LogP contribution in [0.5, 0.6) is 11.5 Å². The number of ether oxygens (including phenoxy) is 2. The van der Waals surface area contributed by atoms with Gasteiger partial charge in [0.2, 0.25) is 0 Å². The van der Waals surface area contributed by atoms with Crippen molar-refractivity contribution in [3.63, 3.8) is 0 Å². The topological polar surface area (TPSA) is 71.0 Å². The van der Waals surface area contributed by atoms with Gasteiger partial charge in [-0.15, -0.1) is 12.4 Å². The minimum Gasteiger partial charge on any atom is -0.490 e.